The summed E-state index contributed by atoms with van der Waals surface area (Å²) in [5.41, 5.74) is 4.24. The van der Waals surface area contributed by atoms with Crippen LogP contribution < -0.4 is 5.32 Å². The average Bonchev–Trinajstić information content (AvgIpc) is 2.99. The normalized spacial score (nSPS) is 17.0. The van der Waals surface area contributed by atoms with Crippen molar-refractivity contribution in [1.29, 1.82) is 0 Å². The molecule has 1 heterocycles. The molecule has 1 N–H and O–H groups in total. The summed E-state index contributed by atoms with van der Waals surface area (Å²) in [4.78, 5) is 12.3. The number of amides is 1. The Bertz CT molecular complexity index is 703. The zero-order chi connectivity index (χ0) is 16.9. The molecule has 0 aliphatic heterocycles. The highest BCUT2D eigenvalue weighted by Gasteiger charge is 2.23. The molecule has 1 aliphatic carbocycles. The second-order valence-electron chi connectivity index (χ2n) is 6.98. The van der Waals surface area contributed by atoms with Gasteiger partial charge in [0.2, 0.25) is 5.91 Å². The van der Waals surface area contributed by atoms with Gasteiger partial charge in [0, 0.05) is 11.1 Å². The van der Waals surface area contributed by atoms with Crippen LogP contribution in [-0.2, 0) is 17.6 Å². The molecule has 3 rings (SSSR count). The van der Waals surface area contributed by atoms with E-state index in [1.54, 1.807) is 0 Å². The minimum absolute atomic E-state index is 0.210. The van der Waals surface area contributed by atoms with Crippen molar-refractivity contribution in [3.63, 3.8) is 0 Å². The maximum atomic E-state index is 12.3. The fourth-order valence-corrected chi connectivity index (χ4v) is 4.87. The SMILES string of the molecule is CCCCCCC(=O)NC1CCCc2cc3scc(CC)c3cc21. The van der Waals surface area contributed by atoms with Gasteiger partial charge in [-0.3, -0.25) is 4.79 Å². The minimum atomic E-state index is 0.210. The summed E-state index contributed by atoms with van der Waals surface area (Å²) < 4.78 is 1.40. The van der Waals surface area contributed by atoms with E-state index in [2.05, 4.69) is 36.7 Å². The first-order valence-corrected chi connectivity index (χ1v) is 10.4. The number of hydrogen-bond acceptors (Lipinski definition) is 2. The van der Waals surface area contributed by atoms with Crippen LogP contribution >= 0.6 is 11.3 Å². The number of carbonyl (C=O) groups is 1. The highest BCUT2D eigenvalue weighted by Crippen LogP contribution is 2.36. The first-order chi connectivity index (χ1) is 11.7. The molecule has 0 radical (unpaired) electrons. The van der Waals surface area contributed by atoms with Gasteiger partial charge in [0.05, 0.1) is 6.04 Å². The van der Waals surface area contributed by atoms with Gasteiger partial charge in [-0.1, -0.05) is 33.1 Å². The number of fused-ring (bicyclic) bond motifs is 2. The third-order valence-corrected chi connectivity index (χ3v) is 6.20. The van der Waals surface area contributed by atoms with Crippen LogP contribution in [0.25, 0.3) is 10.1 Å². The van der Waals surface area contributed by atoms with Crippen LogP contribution in [0.1, 0.15) is 81.5 Å². The largest absolute Gasteiger partial charge is 0.349 e. The lowest BCUT2D eigenvalue weighted by Crippen LogP contribution is -2.30. The van der Waals surface area contributed by atoms with Gasteiger partial charge >= 0.3 is 0 Å². The number of hydrogen-bond donors (Lipinski definition) is 1. The van der Waals surface area contributed by atoms with E-state index in [0.717, 1.165) is 25.7 Å². The topological polar surface area (TPSA) is 29.1 Å². The van der Waals surface area contributed by atoms with Crippen molar-refractivity contribution in [2.24, 2.45) is 0 Å². The molecule has 1 amide bonds. The summed E-state index contributed by atoms with van der Waals surface area (Å²) >= 11 is 1.85. The molecule has 0 bridgehead atoms. The smallest absolute Gasteiger partial charge is 0.220 e. The molecule has 0 saturated carbocycles. The minimum Gasteiger partial charge on any atom is -0.349 e. The molecule has 1 aliphatic rings. The summed E-state index contributed by atoms with van der Waals surface area (Å²) in [7, 11) is 0. The van der Waals surface area contributed by atoms with Gasteiger partial charge in [-0.25, -0.2) is 0 Å². The summed E-state index contributed by atoms with van der Waals surface area (Å²) in [5.74, 6) is 0.227. The molecule has 24 heavy (non-hydrogen) atoms. The van der Waals surface area contributed by atoms with Crippen LogP contribution in [0.3, 0.4) is 0 Å². The molecule has 1 aromatic carbocycles. The lowest BCUT2D eigenvalue weighted by molar-refractivity contribution is -0.122. The Kier molecular flexibility index (Phi) is 5.94. The molecular formula is C21H29NOS. The van der Waals surface area contributed by atoms with E-state index in [-0.39, 0.29) is 11.9 Å². The van der Waals surface area contributed by atoms with Gasteiger partial charge in [-0.15, -0.1) is 11.3 Å². The van der Waals surface area contributed by atoms with E-state index in [4.69, 9.17) is 0 Å². The standard InChI is InChI=1S/C21H29NOS/c1-3-5-6-7-11-21(23)22-19-10-8-9-16-12-20-18(13-17(16)19)15(4-2)14-24-20/h12-14,19H,3-11H2,1-2H3,(H,22,23). The highest BCUT2D eigenvalue weighted by molar-refractivity contribution is 7.17. The van der Waals surface area contributed by atoms with Crippen molar-refractivity contribution in [1.82, 2.24) is 5.32 Å². The Labute approximate surface area is 149 Å². The molecule has 0 spiro atoms. The Hall–Kier alpha value is -1.35. The van der Waals surface area contributed by atoms with Gasteiger partial charge in [0.15, 0.2) is 0 Å². The molecule has 2 aromatic rings. The fourth-order valence-electron chi connectivity index (χ4n) is 3.78. The molecule has 2 nitrogen and oxygen atoms in total. The maximum absolute atomic E-state index is 12.3. The number of benzene rings is 1. The Morgan fingerprint density at radius 2 is 2.12 bits per heavy atom. The van der Waals surface area contributed by atoms with Crippen LogP contribution in [-0.4, -0.2) is 5.91 Å². The third kappa shape index (κ3) is 3.83. The van der Waals surface area contributed by atoms with Crippen molar-refractivity contribution in [3.8, 4) is 0 Å². The predicted molar refractivity (Wildman–Crippen MR) is 104 cm³/mol. The lowest BCUT2D eigenvalue weighted by Gasteiger charge is -2.27. The second-order valence-corrected chi connectivity index (χ2v) is 7.90. The molecule has 3 heteroatoms. The molecular weight excluding hydrogens is 314 g/mol. The van der Waals surface area contributed by atoms with E-state index in [0.29, 0.717) is 6.42 Å². The van der Waals surface area contributed by atoms with Gasteiger partial charge in [-0.05, 0) is 71.7 Å². The van der Waals surface area contributed by atoms with Gasteiger partial charge in [-0.2, -0.15) is 0 Å². The van der Waals surface area contributed by atoms with Crippen LogP contribution in [0.15, 0.2) is 17.5 Å². The highest BCUT2D eigenvalue weighted by atomic mass is 32.1. The zero-order valence-electron chi connectivity index (χ0n) is 15.0. The van der Waals surface area contributed by atoms with Crippen LogP contribution in [0.5, 0.6) is 0 Å². The molecule has 0 saturated heterocycles. The zero-order valence-corrected chi connectivity index (χ0v) is 15.8. The van der Waals surface area contributed by atoms with Crippen LogP contribution in [0, 0.1) is 0 Å². The number of rotatable bonds is 7. The number of aryl methyl sites for hydroxylation is 2. The quantitative estimate of drug-likeness (QED) is 0.620. The number of nitrogens with one attached hydrogen (secondary N) is 1. The average molecular weight is 344 g/mol. The van der Waals surface area contributed by atoms with Crippen LogP contribution in [0.4, 0.5) is 0 Å². The third-order valence-electron chi connectivity index (χ3n) is 5.20. The van der Waals surface area contributed by atoms with E-state index in [9.17, 15) is 4.79 Å². The van der Waals surface area contributed by atoms with E-state index in [1.165, 1.54) is 52.5 Å². The Morgan fingerprint density at radius 3 is 2.92 bits per heavy atom. The summed E-state index contributed by atoms with van der Waals surface area (Å²) in [6.07, 6.45) is 9.77. The number of carbonyl (C=O) groups excluding carboxylic acids is 1. The van der Waals surface area contributed by atoms with E-state index < -0.39 is 0 Å². The first kappa shape index (κ1) is 17.5. The van der Waals surface area contributed by atoms with Crippen molar-refractivity contribution >= 4 is 27.3 Å². The van der Waals surface area contributed by atoms with Crippen molar-refractivity contribution in [2.45, 2.75) is 77.7 Å². The van der Waals surface area contributed by atoms with Crippen molar-refractivity contribution < 1.29 is 4.79 Å². The monoisotopic (exact) mass is 343 g/mol. The fraction of sp³-hybridized carbons (Fsp3) is 0.571. The summed E-state index contributed by atoms with van der Waals surface area (Å²) in [5, 5.41) is 6.99. The van der Waals surface area contributed by atoms with Crippen molar-refractivity contribution in [3.05, 3.63) is 34.2 Å². The molecule has 1 unspecified atom stereocenters. The Balaban J connectivity index is 1.74. The number of thiophene rings is 1. The van der Waals surface area contributed by atoms with E-state index >= 15 is 0 Å². The van der Waals surface area contributed by atoms with Gasteiger partial charge < -0.3 is 5.32 Å². The summed E-state index contributed by atoms with van der Waals surface area (Å²) in [6.45, 7) is 4.42. The van der Waals surface area contributed by atoms with Crippen molar-refractivity contribution in [2.75, 3.05) is 0 Å². The second kappa shape index (κ2) is 8.15. The number of unbranched alkanes of at least 4 members (excludes halogenated alkanes) is 3. The molecule has 1 atom stereocenters. The van der Waals surface area contributed by atoms with Gasteiger partial charge in [0.25, 0.3) is 0 Å². The lowest BCUT2D eigenvalue weighted by atomic mass is 9.86. The Morgan fingerprint density at radius 1 is 1.25 bits per heavy atom. The van der Waals surface area contributed by atoms with Crippen LogP contribution in [0.2, 0.25) is 0 Å². The van der Waals surface area contributed by atoms with Gasteiger partial charge in [0.1, 0.15) is 0 Å². The predicted octanol–water partition coefficient (Wildman–Crippen LogP) is 5.93. The molecule has 1 aromatic heterocycles. The molecule has 130 valence electrons. The summed E-state index contributed by atoms with van der Waals surface area (Å²) in [6, 6.07) is 4.94. The van der Waals surface area contributed by atoms with E-state index in [1.807, 2.05) is 11.3 Å². The maximum Gasteiger partial charge on any atom is 0.220 e. The first-order valence-electron chi connectivity index (χ1n) is 9.55. The molecule has 0 fully saturated rings.